The van der Waals surface area contributed by atoms with E-state index in [0.29, 0.717) is 19.6 Å². The van der Waals surface area contributed by atoms with Crippen molar-refractivity contribution in [1.82, 2.24) is 10.6 Å². The van der Waals surface area contributed by atoms with Crippen LogP contribution >= 0.6 is 0 Å². The summed E-state index contributed by atoms with van der Waals surface area (Å²) in [6, 6.07) is 0. The van der Waals surface area contributed by atoms with Gasteiger partial charge in [-0.1, -0.05) is 71.1 Å². The predicted molar refractivity (Wildman–Crippen MR) is 123 cm³/mol. The van der Waals surface area contributed by atoms with Crippen LogP contribution in [0.3, 0.4) is 0 Å². The van der Waals surface area contributed by atoms with Gasteiger partial charge in [0.15, 0.2) is 0 Å². The Hall–Kier alpha value is -0.690. The topological polar surface area (TPSA) is 79.8 Å². The Morgan fingerprint density at radius 1 is 0.867 bits per heavy atom. The first kappa shape index (κ1) is 27.3. The van der Waals surface area contributed by atoms with Crippen LogP contribution in [-0.2, 0) is 14.3 Å². The number of nitrogens with one attached hydrogen (secondary N) is 2. The lowest BCUT2D eigenvalue weighted by atomic mass is 10.1. The summed E-state index contributed by atoms with van der Waals surface area (Å²) in [4.78, 5) is 11.9. The zero-order valence-corrected chi connectivity index (χ0v) is 19.5. The number of hydrogen-bond donors (Lipinski definition) is 3. The average Bonchev–Trinajstić information content (AvgIpc) is 3.21. The van der Waals surface area contributed by atoms with Gasteiger partial charge in [-0.15, -0.1) is 0 Å². The first-order valence-electron chi connectivity index (χ1n) is 12.6. The van der Waals surface area contributed by atoms with E-state index in [1.54, 1.807) is 0 Å². The molecule has 0 aromatic carbocycles. The highest BCUT2D eigenvalue weighted by molar-refractivity contribution is 5.69. The van der Waals surface area contributed by atoms with Crippen LogP contribution in [0.15, 0.2) is 0 Å². The van der Waals surface area contributed by atoms with Crippen molar-refractivity contribution >= 4 is 5.97 Å². The quantitative estimate of drug-likeness (QED) is 0.190. The molecule has 1 rings (SSSR count). The maximum atomic E-state index is 11.9. The number of rotatable bonds is 21. The SMILES string of the molecule is CCCCCCCCCCCCCC(=O)OC[C@@H]1CC[C@H](CNCCNCCO)O1. The average molecular weight is 429 g/mol. The van der Waals surface area contributed by atoms with Crippen LogP contribution in [-0.4, -0.2) is 62.7 Å². The lowest BCUT2D eigenvalue weighted by Gasteiger charge is -2.15. The van der Waals surface area contributed by atoms with E-state index in [4.69, 9.17) is 14.6 Å². The van der Waals surface area contributed by atoms with Crippen LogP contribution in [0.5, 0.6) is 0 Å². The minimum Gasteiger partial charge on any atom is -0.463 e. The van der Waals surface area contributed by atoms with Crippen LogP contribution in [0.4, 0.5) is 0 Å². The molecule has 30 heavy (non-hydrogen) atoms. The van der Waals surface area contributed by atoms with Gasteiger partial charge in [-0.25, -0.2) is 0 Å². The Bertz CT molecular complexity index is 395. The lowest BCUT2D eigenvalue weighted by Crippen LogP contribution is -2.34. The normalized spacial score (nSPS) is 18.7. The maximum absolute atomic E-state index is 11.9. The zero-order chi connectivity index (χ0) is 21.7. The molecule has 2 atom stereocenters. The van der Waals surface area contributed by atoms with Gasteiger partial charge < -0.3 is 25.2 Å². The number of carbonyl (C=O) groups excluding carboxylic acids is 1. The molecule has 1 aliphatic rings. The van der Waals surface area contributed by atoms with Crippen LogP contribution in [0.25, 0.3) is 0 Å². The summed E-state index contributed by atoms with van der Waals surface area (Å²) >= 11 is 0. The van der Waals surface area contributed by atoms with E-state index >= 15 is 0 Å². The molecule has 0 aliphatic carbocycles. The molecule has 178 valence electrons. The highest BCUT2D eigenvalue weighted by atomic mass is 16.6. The smallest absolute Gasteiger partial charge is 0.305 e. The zero-order valence-electron chi connectivity index (χ0n) is 19.5. The highest BCUT2D eigenvalue weighted by Gasteiger charge is 2.25. The van der Waals surface area contributed by atoms with E-state index in [-0.39, 0.29) is 24.8 Å². The van der Waals surface area contributed by atoms with Gasteiger partial charge in [0.05, 0.1) is 18.8 Å². The van der Waals surface area contributed by atoms with Crippen molar-refractivity contribution in [2.75, 3.05) is 39.4 Å². The van der Waals surface area contributed by atoms with Crippen molar-refractivity contribution in [3.63, 3.8) is 0 Å². The van der Waals surface area contributed by atoms with Crippen molar-refractivity contribution in [3.8, 4) is 0 Å². The number of hydrogen-bond acceptors (Lipinski definition) is 6. The number of ether oxygens (including phenoxy) is 2. The predicted octanol–water partition coefficient (Wildman–Crippen LogP) is 3.95. The molecule has 0 saturated carbocycles. The Morgan fingerprint density at radius 3 is 2.13 bits per heavy atom. The number of esters is 1. The fourth-order valence-electron chi connectivity index (χ4n) is 3.89. The third-order valence-corrected chi connectivity index (χ3v) is 5.75. The number of carbonyl (C=O) groups is 1. The molecule has 6 nitrogen and oxygen atoms in total. The summed E-state index contributed by atoms with van der Waals surface area (Å²) in [6.45, 7) is 5.98. The Labute approximate surface area is 184 Å². The molecule has 1 heterocycles. The van der Waals surface area contributed by atoms with Gasteiger partial charge in [0.1, 0.15) is 6.61 Å². The monoisotopic (exact) mass is 428 g/mol. The molecule has 0 aromatic heterocycles. The van der Waals surface area contributed by atoms with E-state index < -0.39 is 0 Å². The van der Waals surface area contributed by atoms with E-state index in [2.05, 4.69) is 17.6 Å². The first-order chi connectivity index (χ1) is 14.8. The Kier molecular flexibility index (Phi) is 18.4. The summed E-state index contributed by atoms with van der Waals surface area (Å²) in [5, 5.41) is 15.2. The number of aliphatic hydroxyl groups is 1. The van der Waals surface area contributed by atoms with E-state index in [0.717, 1.165) is 45.3 Å². The van der Waals surface area contributed by atoms with Crippen molar-refractivity contribution < 1.29 is 19.4 Å². The molecule has 0 amide bonds. The molecule has 1 fully saturated rings. The van der Waals surface area contributed by atoms with Gasteiger partial charge in [0.25, 0.3) is 0 Å². The van der Waals surface area contributed by atoms with Crippen molar-refractivity contribution in [2.45, 2.75) is 109 Å². The minimum atomic E-state index is -0.0777. The Balaban J connectivity index is 1.86. The molecule has 0 bridgehead atoms. The molecule has 0 spiro atoms. The molecule has 3 N–H and O–H groups in total. The van der Waals surface area contributed by atoms with Gasteiger partial charge in [0, 0.05) is 32.6 Å². The summed E-state index contributed by atoms with van der Waals surface area (Å²) in [5.74, 6) is -0.0777. The van der Waals surface area contributed by atoms with E-state index in [9.17, 15) is 4.79 Å². The van der Waals surface area contributed by atoms with Crippen molar-refractivity contribution in [2.24, 2.45) is 0 Å². The molecule has 1 aliphatic heterocycles. The second-order valence-corrected chi connectivity index (χ2v) is 8.60. The Morgan fingerprint density at radius 2 is 1.47 bits per heavy atom. The summed E-state index contributed by atoms with van der Waals surface area (Å²) in [7, 11) is 0. The van der Waals surface area contributed by atoms with Crippen LogP contribution in [0.1, 0.15) is 96.8 Å². The standard InChI is InChI=1S/C24H48N2O4/c1-2-3-4-5-6-7-8-9-10-11-12-13-24(28)29-21-23-15-14-22(30-23)20-26-17-16-25-18-19-27/h22-23,25-27H,2-21H2,1H3/t22-,23+/m1/s1. The number of unbranched alkanes of at least 4 members (excludes halogenated alkanes) is 10. The van der Waals surface area contributed by atoms with Crippen molar-refractivity contribution in [3.05, 3.63) is 0 Å². The molecule has 0 unspecified atom stereocenters. The fraction of sp³-hybridized carbons (Fsp3) is 0.958. The molecule has 6 heteroatoms. The molecule has 0 radical (unpaired) electrons. The minimum absolute atomic E-state index is 0.0468. The second-order valence-electron chi connectivity index (χ2n) is 8.60. The van der Waals surface area contributed by atoms with Gasteiger partial charge in [-0.2, -0.15) is 0 Å². The van der Waals surface area contributed by atoms with Gasteiger partial charge in [0.2, 0.25) is 0 Å². The molecular formula is C24H48N2O4. The fourth-order valence-corrected chi connectivity index (χ4v) is 3.89. The summed E-state index contributed by atoms with van der Waals surface area (Å²) in [6.07, 6.45) is 16.9. The first-order valence-corrected chi connectivity index (χ1v) is 12.6. The molecule has 0 aromatic rings. The van der Waals surface area contributed by atoms with Gasteiger partial charge >= 0.3 is 5.97 Å². The third kappa shape index (κ3) is 16.1. The molecule has 1 saturated heterocycles. The van der Waals surface area contributed by atoms with Gasteiger partial charge in [-0.05, 0) is 19.3 Å². The van der Waals surface area contributed by atoms with Crippen molar-refractivity contribution in [1.29, 1.82) is 0 Å². The molecular weight excluding hydrogens is 380 g/mol. The summed E-state index contributed by atoms with van der Waals surface area (Å²) in [5.41, 5.74) is 0. The third-order valence-electron chi connectivity index (χ3n) is 5.75. The van der Waals surface area contributed by atoms with Gasteiger partial charge in [-0.3, -0.25) is 4.79 Å². The van der Waals surface area contributed by atoms with E-state index in [1.165, 1.54) is 57.8 Å². The largest absolute Gasteiger partial charge is 0.463 e. The van der Waals surface area contributed by atoms with Crippen LogP contribution < -0.4 is 10.6 Å². The lowest BCUT2D eigenvalue weighted by molar-refractivity contribution is -0.147. The van der Waals surface area contributed by atoms with Crippen LogP contribution in [0, 0.1) is 0 Å². The van der Waals surface area contributed by atoms with E-state index in [1.807, 2.05) is 0 Å². The second kappa shape index (κ2) is 20.2. The van der Waals surface area contributed by atoms with Crippen LogP contribution in [0.2, 0.25) is 0 Å². The maximum Gasteiger partial charge on any atom is 0.305 e. The summed E-state index contributed by atoms with van der Waals surface area (Å²) < 4.78 is 11.4. The highest BCUT2D eigenvalue weighted by Crippen LogP contribution is 2.19. The number of aliphatic hydroxyl groups excluding tert-OH is 1.